The number of carbonyl (C=O) groups excluding carboxylic acids is 1. The van der Waals surface area contributed by atoms with Crippen molar-refractivity contribution in [2.75, 3.05) is 0 Å². The van der Waals surface area contributed by atoms with Crippen LogP contribution in [-0.2, 0) is 4.79 Å². The van der Waals surface area contributed by atoms with E-state index in [1.165, 1.54) is 6.20 Å². The molecule has 4 nitrogen and oxygen atoms in total. The van der Waals surface area contributed by atoms with E-state index in [9.17, 15) is 4.79 Å². The maximum absolute atomic E-state index is 11.0. The van der Waals surface area contributed by atoms with E-state index in [4.69, 9.17) is 0 Å². The van der Waals surface area contributed by atoms with Crippen LogP contribution in [0.2, 0.25) is 0 Å². The number of nitrogens with zero attached hydrogens (tertiary/aromatic N) is 3. The van der Waals surface area contributed by atoms with Gasteiger partial charge in [-0.2, -0.15) is 4.57 Å². The number of amides is 1. The summed E-state index contributed by atoms with van der Waals surface area (Å²) >= 11 is 0. The number of hydrogen-bond acceptors (Lipinski definition) is 2. The van der Waals surface area contributed by atoms with E-state index in [-0.39, 0.29) is 5.91 Å². The molecule has 0 unspecified atom stereocenters. The van der Waals surface area contributed by atoms with E-state index in [1.807, 2.05) is 18.2 Å². The third-order valence-corrected chi connectivity index (χ3v) is 1.54. The first-order valence-corrected chi connectivity index (χ1v) is 3.50. The Morgan fingerprint density at radius 3 is 2.50 bits per heavy atom. The predicted octanol–water partition coefficient (Wildman–Crippen LogP) is 0.765. The molecule has 1 aliphatic heterocycles. The molecule has 12 heavy (non-hydrogen) atoms. The van der Waals surface area contributed by atoms with Gasteiger partial charge in [0.05, 0.1) is 0 Å². The predicted molar refractivity (Wildman–Crippen MR) is 40.8 cm³/mol. The Hall–Kier alpha value is -1.84. The van der Waals surface area contributed by atoms with Crippen molar-refractivity contribution >= 4 is 11.6 Å². The van der Waals surface area contributed by atoms with E-state index in [1.54, 1.807) is 17.0 Å². The second-order valence-corrected chi connectivity index (χ2v) is 2.32. The molecule has 0 aromatic carbocycles. The van der Waals surface area contributed by atoms with Gasteiger partial charge in [0.1, 0.15) is 6.20 Å². The molecule has 0 N–H and O–H groups in total. The fraction of sp³-hybridized carbons (Fsp3) is 0. The topological polar surface area (TPSA) is 45.7 Å². The van der Waals surface area contributed by atoms with Gasteiger partial charge in [0.15, 0.2) is 12.4 Å². The van der Waals surface area contributed by atoms with Crippen LogP contribution in [0.3, 0.4) is 0 Å². The molecule has 58 valence electrons. The fourth-order valence-corrected chi connectivity index (χ4v) is 0.979. The molecule has 0 fully saturated rings. The minimum atomic E-state index is -0.300. The average molecular weight is 160 g/mol. The molecule has 0 saturated carbocycles. The zero-order chi connectivity index (χ0) is 8.39. The summed E-state index contributed by atoms with van der Waals surface area (Å²) in [5.74, 6) is -0.300. The smallest absolute Gasteiger partial charge is 0.258 e. The molecule has 0 atom stereocenters. The molecular formula is C8H6N3O+. The molecule has 0 bridgehead atoms. The average Bonchev–Trinajstić information content (AvgIpc) is 2.53. The van der Waals surface area contributed by atoms with E-state index >= 15 is 0 Å². The normalized spacial score (nSPS) is 15.0. The van der Waals surface area contributed by atoms with E-state index in [2.05, 4.69) is 10.2 Å². The lowest BCUT2D eigenvalue weighted by atomic mass is 10.4. The van der Waals surface area contributed by atoms with Crippen molar-refractivity contribution in [3.63, 3.8) is 0 Å². The summed E-state index contributed by atoms with van der Waals surface area (Å²) in [6.45, 7) is 0. The summed E-state index contributed by atoms with van der Waals surface area (Å²) in [4.78, 5) is 11.0. The number of carbonyl (C=O) groups is 1. The Labute approximate surface area is 68.9 Å². The highest BCUT2D eigenvalue weighted by atomic mass is 16.2. The van der Waals surface area contributed by atoms with Crippen LogP contribution < -0.4 is 4.57 Å². The molecule has 0 spiro atoms. The van der Waals surface area contributed by atoms with E-state index < -0.39 is 0 Å². The van der Waals surface area contributed by atoms with Crippen molar-refractivity contribution in [1.82, 2.24) is 0 Å². The number of hydrogen-bond donors (Lipinski definition) is 0. The number of aromatic nitrogens is 1. The SMILES string of the molecule is O=C1N=NC=C1[n+]1ccccc1. The largest absolute Gasteiger partial charge is 0.362 e. The summed E-state index contributed by atoms with van der Waals surface area (Å²) in [5, 5.41) is 6.88. The minimum Gasteiger partial charge on any atom is -0.258 e. The van der Waals surface area contributed by atoms with E-state index in [0.29, 0.717) is 5.70 Å². The van der Waals surface area contributed by atoms with Crippen molar-refractivity contribution in [3.05, 3.63) is 36.8 Å². The highest BCUT2D eigenvalue weighted by Crippen LogP contribution is 2.05. The second-order valence-electron chi connectivity index (χ2n) is 2.32. The lowest BCUT2D eigenvalue weighted by molar-refractivity contribution is -0.577. The Balaban J connectivity index is 2.40. The summed E-state index contributed by atoms with van der Waals surface area (Å²) in [6, 6.07) is 5.56. The molecule has 0 radical (unpaired) electrons. The molecule has 1 aromatic rings. The van der Waals surface area contributed by atoms with Gasteiger partial charge in [-0.1, -0.05) is 6.07 Å². The summed E-state index contributed by atoms with van der Waals surface area (Å²) in [7, 11) is 0. The molecular weight excluding hydrogens is 154 g/mol. The van der Waals surface area contributed by atoms with Gasteiger partial charge in [0, 0.05) is 12.1 Å². The lowest BCUT2D eigenvalue weighted by Crippen LogP contribution is -2.33. The van der Waals surface area contributed by atoms with Crippen molar-refractivity contribution in [2.24, 2.45) is 10.2 Å². The second kappa shape index (κ2) is 2.65. The maximum atomic E-state index is 11.0. The third kappa shape index (κ3) is 1.03. The molecule has 0 aliphatic carbocycles. The number of azo groups is 1. The molecule has 2 rings (SSSR count). The van der Waals surface area contributed by atoms with Gasteiger partial charge in [0.2, 0.25) is 0 Å². The van der Waals surface area contributed by atoms with Crippen molar-refractivity contribution in [3.8, 4) is 0 Å². The number of rotatable bonds is 1. The van der Waals surface area contributed by atoms with Gasteiger partial charge in [-0.25, -0.2) is 0 Å². The molecule has 1 aliphatic rings. The van der Waals surface area contributed by atoms with Crippen LogP contribution in [0.4, 0.5) is 0 Å². The highest BCUT2D eigenvalue weighted by Gasteiger charge is 2.22. The van der Waals surface area contributed by atoms with Gasteiger partial charge in [-0.05, 0) is 0 Å². The van der Waals surface area contributed by atoms with Gasteiger partial charge < -0.3 is 0 Å². The van der Waals surface area contributed by atoms with Crippen LogP contribution in [0.15, 0.2) is 47.0 Å². The Morgan fingerprint density at radius 2 is 1.92 bits per heavy atom. The third-order valence-electron chi connectivity index (χ3n) is 1.54. The first-order valence-electron chi connectivity index (χ1n) is 3.50. The summed E-state index contributed by atoms with van der Waals surface area (Å²) < 4.78 is 1.68. The van der Waals surface area contributed by atoms with Crippen LogP contribution in [0, 0.1) is 0 Å². The molecule has 1 amide bonds. The zero-order valence-corrected chi connectivity index (χ0v) is 6.21. The van der Waals surface area contributed by atoms with E-state index in [0.717, 1.165) is 0 Å². The van der Waals surface area contributed by atoms with Gasteiger partial charge >= 0.3 is 5.91 Å². The minimum absolute atomic E-state index is 0.300. The summed E-state index contributed by atoms with van der Waals surface area (Å²) in [6.07, 6.45) is 5.00. The maximum Gasteiger partial charge on any atom is 0.362 e. The fourth-order valence-electron chi connectivity index (χ4n) is 0.979. The molecule has 0 saturated heterocycles. The van der Waals surface area contributed by atoms with Crippen LogP contribution in [0.1, 0.15) is 0 Å². The van der Waals surface area contributed by atoms with Crippen LogP contribution in [0.5, 0.6) is 0 Å². The molecule has 2 heterocycles. The Kier molecular flexibility index (Phi) is 1.51. The molecule has 1 aromatic heterocycles. The molecule has 4 heteroatoms. The van der Waals surface area contributed by atoms with Gasteiger partial charge in [-0.15, -0.1) is 10.2 Å². The zero-order valence-electron chi connectivity index (χ0n) is 6.21. The monoisotopic (exact) mass is 160 g/mol. The van der Waals surface area contributed by atoms with Crippen LogP contribution in [0.25, 0.3) is 5.70 Å². The number of pyridine rings is 1. The van der Waals surface area contributed by atoms with Gasteiger partial charge in [-0.3, -0.25) is 4.79 Å². The Bertz CT molecular complexity index is 367. The van der Waals surface area contributed by atoms with Crippen molar-refractivity contribution in [2.45, 2.75) is 0 Å². The van der Waals surface area contributed by atoms with Gasteiger partial charge in [0.25, 0.3) is 5.70 Å². The highest BCUT2D eigenvalue weighted by molar-refractivity contribution is 6.11. The first kappa shape index (κ1) is 6.84. The van der Waals surface area contributed by atoms with Crippen molar-refractivity contribution < 1.29 is 9.36 Å². The summed E-state index contributed by atoms with van der Waals surface area (Å²) in [5.41, 5.74) is 0.482. The first-order chi connectivity index (χ1) is 5.88. The van der Waals surface area contributed by atoms with Crippen molar-refractivity contribution in [1.29, 1.82) is 0 Å². The van der Waals surface area contributed by atoms with Crippen LogP contribution >= 0.6 is 0 Å². The quantitative estimate of drug-likeness (QED) is 0.559. The standard InChI is InChI=1S/C8H6N3O/c12-8-7(6-9-10-8)11-4-2-1-3-5-11/h1-6H/q+1. The Morgan fingerprint density at radius 1 is 1.17 bits per heavy atom. The van der Waals surface area contributed by atoms with Crippen LogP contribution in [-0.4, -0.2) is 5.91 Å². The lowest BCUT2D eigenvalue weighted by Gasteiger charge is -1.88.